The van der Waals surface area contributed by atoms with E-state index in [0.29, 0.717) is 11.6 Å². The lowest BCUT2D eigenvalue weighted by molar-refractivity contribution is -0.119. The monoisotopic (exact) mass is 386 g/mol. The van der Waals surface area contributed by atoms with Crippen molar-refractivity contribution in [3.8, 4) is 0 Å². The maximum atomic E-state index is 13.0. The Balaban J connectivity index is 2.52. The molecule has 24 heavy (non-hydrogen) atoms. The number of likely N-dealkylation sites (N-methyl/N-ethyl adjacent to an activating group) is 1. The Kier molecular flexibility index (Phi) is 6.10. The second-order valence-electron chi connectivity index (χ2n) is 4.87. The summed E-state index contributed by atoms with van der Waals surface area (Å²) in [6, 6.07) is 12.3. The minimum absolute atomic E-state index is 0.0697. The van der Waals surface area contributed by atoms with Gasteiger partial charge in [0.2, 0.25) is 5.91 Å². The lowest BCUT2D eigenvalue weighted by atomic mass is 10.3. The summed E-state index contributed by atoms with van der Waals surface area (Å²) in [5.41, 5.74) is 0.191. The van der Waals surface area contributed by atoms with E-state index >= 15 is 0 Å². The van der Waals surface area contributed by atoms with E-state index in [2.05, 4.69) is 5.32 Å². The zero-order chi connectivity index (χ0) is 17.7. The topological polar surface area (TPSA) is 66.5 Å². The number of hydrogen-bond donors (Lipinski definition) is 1. The summed E-state index contributed by atoms with van der Waals surface area (Å²) < 4.78 is 26.9. The van der Waals surface area contributed by atoms with E-state index in [1.54, 1.807) is 25.1 Å². The largest absolute Gasteiger partial charge is 0.355 e. The molecule has 0 radical (unpaired) electrons. The highest BCUT2D eigenvalue weighted by Gasteiger charge is 2.28. The number of halogens is 2. The first kappa shape index (κ1) is 18.6. The first-order valence-corrected chi connectivity index (χ1v) is 9.35. The minimum Gasteiger partial charge on any atom is -0.355 e. The molecule has 1 amide bonds. The summed E-state index contributed by atoms with van der Waals surface area (Å²) in [5, 5.41) is 3.10. The van der Waals surface area contributed by atoms with Crippen LogP contribution in [0.4, 0.5) is 5.69 Å². The Bertz CT molecular complexity index is 826. The van der Waals surface area contributed by atoms with Crippen LogP contribution >= 0.6 is 23.2 Å². The maximum absolute atomic E-state index is 13.0. The molecule has 0 spiro atoms. The van der Waals surface area contributed by atoms with Crippen molar-refractivity contribution in [1.82, 2.24) is 5.32 Å². The van der Waals surface area contributed by atoms with Gasteiger partial charge in [0.15, 0.2) is 0 Å². The molecule has 8 heteroatoms. The number of rotatable bonds is 6. The van der Waals surface area contributed by atoms with E-state index in [1.165, 1.54) is 30.3 Å². The van der Waals surface area contributed by atoms with E-state index < -0.39 is 15.9 Å². The molecular weight excluding hydrogens is 371 g/mol. The van der Waals surface area contributed by atoms with E-state index in [9.17, 15) is 13.2 Å². The molecule has 0 unspecified atom stereocenters. The zero-order valence-electron chi connectivity index (χ0n) is 12.9. The number of hydrogen-bond acceptors (Lipinski definition) is 3. The molecule has 0 heterocycles. The van der Waals surface area contributed by atoms with Gasteiger partial charge in [-0.15, -0.1) is 0 Å². The van der Waals surface area contributed by atoms with Crippen LogP contribution in [-0.4, -0.2) is 27.4 Å². The van der Waals surface area contributed by atoms with Gasteiger partial charge in [-0.25, -0.2) is 8.42 Å². The average Bonchev–Trinajstić information content (AvgIpc) is 2.54. The number of carbonyl (C=O) groups excluding carboxylic acids is 1. The first-order chi connectivity index (χ1) is 11.4. The normalized spacial score (nSPS) is 11.1. The Hall–Kier alpha value is -1.76. The van der Waals surface area contributed by atoms with Crippen molar-refractivity contribution >= 4 is 44.8 Å². The molecular formula is C16H16Cl2N2O3S. The molecule has 0 aliphatic heterocycles. The van der Waals surface area contributed by atoms with Crippen LogP contribution in [0.2, 0.25) is 10.0 Å². The minimum atomic E-state index is -3.96. The highest BCUT2D eigenvalue weighted by atomic mass is 35.5. The molecule has 2 aromatic rings. The second kappa shape index (κ2) is 7.88. The van der Waals surface area contributed by atoms with Crippen molar-refractivity contribution < 1.29 is 13.2 Å². The quantitative estimate of drug-likeness (QED) is 0.827. The van der Waals surface area contributed by atoms with Gasteiger partial charge in [-0.05, 0) is 37.3 Å². The summed E-state index contributed by atoms with van der Waals surface area (Å²) >= 11 is 12.0. The maximum Gasteiger partial charge on any atom is 0.264 e. The summed E-state index contributed by atoms with van der Waals surface area (Å²) in [7, 11) is -3.96. The molecule has 0 saturated heterocycles. The molecule has 0 fully saturated rings. The number of benzene rings is 2. The SMILES string of the molecule is CCNC(=O)CN(c1ccc(Cl)cc1Cl)S(=O)(=O)c1ccccc1. The van der Waals surface area contributed by atoms with Gasteiger partial charge in [-0.1, -0.05) is 41.4 Å². The number of sulfonamides is 1. The average molecular weight is 387 g/mol. The highest BCUT2D eigenvalue weighted by Crippen LogP contribution is 2.32. The van der Waals surface area contributed by atoms with E-state index in [1.807, 2.05) is 0 Å². The standard InChI is InChI=1S/C16H16Cl2N2O3S/c1-2-19-16(21)11-20(15-9-8-12(17)10-14(15)18)24(22,23)13-6-4-3-5-7-13/h3-10H,2,11H2,1H3,(H,19,21). The lowest BCUT2D eigenvalue weighted by Crippen LogP contribution is -2.41. The lowest BCUT2D eigenvalue weighted by Gasteiger charge is -2.25. The fourth-order valence-electron chi connectivity index (χ4n) is 2.09. The van der Waals surface area contributed by atoms with Crippen molar-refractivity contribution in [3.63, 3.8) is 0 Å². The van der Waals surface area contributed by atoms with Crippen LogP contribution in [0.15, 0.2) is 53.4 Å². The molecule has 0 aliphatic carbocycles. The van der Waals surface area contributed by atoms with Gasteiger partial charge < -0.3 is 5.32 Å². The summed E-state index contributed by atoms with van der Waals surface area (Å²) in [6.45, 7) is 1.77. The van der Waals surface area contributed by atoms with Gasteiger partial charge in [0.1, 0.15) is 6.54 Å². The Morgan fingerprint density at radius 1 is 1.12 bits per heavy atom. The molecule has 5 nitrogen and oxygen atoms in total. The smallest absolute Gasteiger partial charge is 0.264 e. The van der Waals surface area contributed by atoms with Crippen molar-refractivity contribution in [2.45, 2.75) is 11.8 Å². The van der Waals surface area contributed by atoms with Crippen molar-refractivity contribution in [3.05, 3.63) is 58.6 Å². The van der Waals surface area contributed by atoms with Gasteiger partial charge >= 0.3 is 0 Å². The first-order valence-electron chi connectivity index (χ1n) is 7.15. The Morgan fingerprint density at radius 2 is 1.79 bits per heavy atom. The number of amides is 1. The van der Waals surface area contributed by atoms with Gasteiger partial charge in [0, 0.05) is 11.6 Å². The van der Waals surface area contributed by atoms with Crippen LogP contribution in [-0.2, 0) is 14.8 Å². The predicted molar refractivity (Wildman–Crippen MR) is 96.1 cm³/mol. The molecule has 2 rings (SSSR count). The second-order valence-corrected chi connectivity index (χ2v) is 7.58. The summed E-state index contributed by atoms with van der Waals surface area (Å²) in [5.74, 6) is -0.428. The van der Waals surface area contributed by atoms with E-state index in [-0.39, 0.29) is 22.2 Å². The number of nitrogens with one attached hydrogen (secondary N) is 1. The van der Waals surface area contributed by atoms with Crippen molar-refractivity contribution in [2.75, 3.05) is 17.4 Å². The van der Waals surface area contributed by atoms with Gasteiger partial charge in [-0.3, -0.25) is 9.10 Å². The summed E-state index contributed by atoms with van der Waals surface area (Å²) in [6.07, 6.45) is 0. The van der Waals surface area contributed by atoms with Gasteiger partial charge in [0.05, 0.1) is 15.6 Å². The molecule has 128 valence electrons. The van der Waals surface area contributed by atoms with Crippen LogP contribution in [0.5, 0.6) is 0 Å². The molecule has 0 aliphatic rings. The predicted octanol–water partition coefficient (Wildman–Crippen LogP) is 3.32. The molecule has 0 aromatic heterocycles. The fourth-order valence-corrected chi connectivity index (χ4v) is 4.11. The Labute approximate surface area is 151 Å². The molecule has 0 atom stereocenters. The van der Waals surface area contributed by atoms with Crippen molar-refractivity contribution in [2.24, 2.45) is 0 Å². The molecule has 0 bridgehead atoms. The Morgan fingerprint density at radius 3 is 2.38 bits per heavy atom. The zero-order valence-corrected chi connectivity index (χ0v) is 15.2. The number of carbonyl (C=O) groups is 1. The van der Waals surface area contributed by atoms with Gasteiger partial charge in [0.25, 0.3) is 10.0 Å². The third-order valence-electron chi connectivity index (χ3n) is 3.17. The van der Waals surface area contributed by atoms with E-state index in [0.717, 1.165) is 4.31 Å². The third-order valence-corrected chi connectivity index (χ3v) is 5.48. The summed E-state index contributed by atoms with van der Waals surface area (Å²) in [4.78, 5) is 12.1. The molecule has 2 aromatic carbocycles. The van der Waals surface area contributed by atoms with Crippen LogP contribution in [0.1, 0.15) is 6.92 Å². The van der Waals surface area contributed by atoms with Crippen LogP contribution in [0, 0.1) is 0 Å². The number of nitrogens with zero attached hydrogens (tertiary/aromatic N) is 1. The third kappa shape index (κ3) is 4.20. The van der Waals surface area contributed by atoms with Crippen LogP contribution < -0.4 is 9.62 Å². The fraction of sp³-hybridized carbons (Fsp3) is 0.188. The molecule has 0 saturated carbocycles. The van der Waals surface area contributed by atoms with Crippen LogP contribution in [0.25, 0.3) is 0 Å². The van der Waals surface area contributed by atoms with Crippen molar-refractivity contribution in [1.29, 1.82) is 0 Å². The van der Waals surface area contributed by atoms with Crippen LogP contribution in [0.3, 0.4) is 0 Å². The molecule has 1 N–H and O–H groups in total. The van der Waals surface area contributed by atoms with Gasteiger partial charge in [-0.2, -0.15) is 0 Å². The highest BCUT2D eigenvalue weighted by molar-refractivity contribution is 7.92. The number of anilines is 1. The van der Waals surface area contributed by atoms with E-state index in [4.69, 9.17) is 23.2 Å².